The summed E-state index contributed by atoms with van der Waals surface area (Å²) in [6, 6.07) is 3.85. The van der Waals surface area contributed by atoms with Crippen molar-refractivity contribution in [1.29, 1.82) is 0 Å². The second-order valence-corrected chi connectivity index (χ2v) is 3.54. The number of oxime groups is 1. The van der Waals surface area contributed by atoms with Crippen LogP contribution in [0.3, 0.4) is 0 Å². The average molecular weight is 209 g/mol. The van der Waals surface area contributed by atoms with Gasteiger partial charge in [0.2, 0.25) is 0 Å². The number of hydrogen-bond donors (Lipinski definition) is 0. The second kappa shape index (κ2) is 5.34. The van der Waals surface area contributed by atoms with E-state index in [1.807, 2.05) is 17.5 Å². The summed E-state index contributed by atoms with van der Waals surface area (Å²) in [5.41, 5.74) is 0.727. The maximum atomic E-state index is 10.6. The van der Waals surface area contributed by atoms with Crippen LogP contribution in [0.15, 0.2) is 35.3 Å². The Morgan fingerprint density at radius 3 is 3.07 bits per heavy atom. The highest BCUT2D eigenvalue weighted by atomic mass is 32.1. The van der Waals surface area contributed by atoms with Crippen molar-refractivity contribution < 1.29 is 9.63 Å². The zero-order chi connectivity index (χ0) is 10.4. The van der Waals surface area contributed by atoms with Crippen molar-refractivity contribution in [2.24, 2.45) is 5.16 Å². The Morgan fingerprint density at radius 1 is 1.79 bits per heavy atom. The van der Waals surface area contributed by atoms with Gasteiger partial charge in [-0.05, 0) is 11.4 Å². The number of carbonyl (C=O) groups excluding carboxylic acids is 1. The maximum Gasteiger partial charge on any atom is 0.331 e. The van der Waals surface area contributed by atoms with Gasteiger partial charge >= 0.3 is 5.97 Å². The average Bonchev–Trinajstić information content (AvgIpc) is 2.64. The van der Waals surface area contributed by atoms with E-state index in [0.717, 1.165) is 10.6 Å². The van der Waals surface area contributed by atoms with Crippen LogP contribution in [0, 0.1) is 0 Å². The van der Waals surface area contributed by atoms with Crippen molar-refractivity contribution in [2.75, 3.05) is 0 Å². The molecule has 74 valence electrons. The fourth-order valence-electron chi connectivity index (χ4n) is 0.882. The van der Waals surface area contributed by atoms with E-state index >= 15 is 0 Å². The molecule has 0 saturated carbocycles. The van der Waals surface area contributed by atoms with Crippen LogP contribution in [0.5, 0.6) is 0 Å². The molecule has 0 N–H and O–H groups in total. The molecule has 0 spiro atoms. The molecule has 1 aromatic rings. The van der Waals surface area contributed by atoms with E-state index in [1.54, 1.807) is 17.4 Å². The topological polar surface area (TPSA) is 38.7 Å². The van der Waals surface area contributed by atoms with Crippen molar-refractivity contribution in [1.82, 2.24) is 0 Å². The molecular weight excluding hydrogens is 198 g/mol. The quantitative estimate of drug-likeness (QED) is 0.331. The van der Waals surface area contributed by atoms with E-state index in [2.05, 4.69) is 16.6 Å². The molecule has 0 unspecified atom stereocenters. The van der Waals surface area contributed by atoms with Gasteiger partial charge in [0.25, 0.3) is 0 Å². The van der Waals surface area contributed by atoms with Crippen LogP contribution in [0.1, 0.15) is 18.2 Å². The number of nitrogens with zero attached hydrogens (tertiary/aromatic N) is 1. The number of carbonyl (C=O) groups is 1. The van der Waals surface area contributed by atoms with Gasteiger partial charge in [0.15, 0.2) is 0 Å². The van der Waals surface area contributed by atoms with Gasteiger partial charge in [-0.2, -0.15) is 0 Å². The molecule has 0 aliphatic rings. The Bertz CT molecular complexity index is 341. The summed E-state index contributed by atoms with van der Waals surface area (Å²) < 4.78 is 0. The smallest absolute Gasteiger partial charge is 0.318 e. The third-order valence-electron chi connectivity index (χ3n) is 1.43. The summed E-state index contributed by atoms with van der Waals surface area (Å²) in [6.45, 7) is 4.94. The highest BCUT2D eigenvalue weighted by Gasteiger charge is 2.04. The lowest BCUT2D eigenvalue weighted by molar-refractivity contribution is -0.140. The molecule has 0 amide bonds. The summed E-state index contributed by atoms with van der Waals surface area (Å²) >= 11 is 1.55. The van der Waals surface area contributed by atoms with E-state index in [4.69, 9.17) is 0 Å². The van der Waals surface area contributed by atoms with Gasteiger partial charge in [-0.25, -0.2) is 4.79 Å². The van der Waals surface area contributed by atoms with E-state index in [1.165, 1.54) is 6.92 Å². The highest BCUT2D eigenvalue weighted by Crippen LogP contribution is 2.12. The number of hydrogen-bond acceptors (Lipinski definition) is 4. The largest absolute Gasteiger partial charge is 0.331 e. The van der Waals surface area contributed by atoms with Crippen LogP contribution in [0.2, 0.25) is 0 Å². The molecule has 0 aliphatic heterocycles. The lowest BCUT2D eigenvalue weighted by Crippen LogP contribution is -2.00. The Kier molecular flexibility index (Phi) is 4.07. The van der Waals surface area contributed by atoms with E-state index < -0.39 is 5.97 Å². The minimum atomic E-state index is -0.414. The van der Waals surface area contributed by atoms with Crippen LogP contribution in [0.25, 0.3) is 0 Å². The van der Waals surface area contributed by atoms with Crippen LogP contribution in [0.4, 0.5) is 0 Å². The first kappa shape index (κ1) is 10.7. The molecule has 0 bridgehead atoms. The first-order valence-corrected chi connectivity index (χ1v) is 5.01. The second-order valence-electron chi connectivity index (χ2n) is 2.59. The van der Waals surface area contributed by atoms with E-state index in [9.17, 15) is 4.79 Å². The van der Waals surface area contributed by atoms with E-state index in [0.29, 0.717) is 6.42 Å². The molecule has 0 aliphatic carbocycles. The Labute approximate surface area is 86.7 Å². The fraction of sp³-hybridized carbons (Fsp3) is 0.200. The van der Waals surface area contributed by atoms with Crippen molar-refractivity contribution in [3.8, 4) is 0 Å². The molecule has 1 heterocycles. The van der Waals surface area contributed by atoms with E-state index in [-0.39, 0.29) is 0 Å². The molecule has 0 aromatic carbocycles. The van der Waals surface area contributed by atoms with Gasteiger partial charge in [0.05, 0.1) is 4.88 Å². The summed E-state index contributed by atoms with van der Waals surface area (Å²) in [5, 5.41) is 5.71. The minimum Gasteiger partial charge on any atom is -0.318 e. The van der Waals surface area contributed by atoms with Gasteiger partial charge in [-0.15, -0.1) is 17.9 Å². The first-order valence-electron chi connectivity index (χ1n) is 4.13. The highest BCUT2D eigenvalue weighted by molar-refractivity contribution is 7.12. The summed E-state index contributed by atoms with van der Waals surface area (Å²) in [5.74, 6) is -0.414. The Morgan fingerprint density at radius 2 is 2.57 bits per heavy atom. The zero-order valence-electron chi connectivity index (χ0n) is 7.90. The van der Waals surface area contributed by atoms with Gasteiger partial charge in [-0.1, -0.05) is 17.3 Å². The van der Waals surface area contributed by atoms with Gasteiger partial charge in [-0.3, -0.25) is 0 Å². The van der Waals surface area contributed by atoms with Crippen molar-refractivity contribution in [2.45, 2.75) is 13.3 Å². The zero-order valence-corrected chi connectivity index (χ0v) is 8.71. The molecule has 1 rings (SSSR count). The van der Waals surface area contributed by atoms with Crippen LogP contribution < -0.4 is 0 Å². The summed E-state index contributed by atoms with van der Waals surface area (Å²) in [7, 11) is 0. The van der Waals surface area contributed by atoms with Crippen molar-refractivity contribution in [3.63, 3.8) is 0 Å². The number of rotatable bonds is 4. The normalized spacial score (nSPS) is 11.1. The van der Waals surface area contributed by atoms with Crippen LogP contribution in [-0.4, -0.2) is 11.7 Å². The third-order valence-corrected chi connectivity index (χ3v) is 2.35. The molecule has 1 aromatic heterocycles. The van der Waals surface area contributed by atoms with Gasteiger partial charge < -0.3 is 4.84 Å². The summed E-state index contributed by atoms with van der Waals surface area (Å²) in [6.07, 6.45) is 2.32. The third kappa shape index (κ3) is 3.14. The first-order chi connectivity index (χ1) is 6.74. The van der Waals surface area contributed by atoms with Gasteiger partial charge in [0, 0.05) is 13.3 Å². The molecule has 0 radical (unpaired) electrons. The molecular formula is C10H11NO2S. The molecule has 4 heteroatoms. The predicted molar refractivity (Wildman–Crippen MR) is 57.4 cm³/mol. The van der Waals surface area contributed by atoms with Crippen LogP contribution >= 0.6 is 11.3 Å². The lowest BCUT2D eigenvalue weighted by Gasteiger charge is -1.98. The maximum absolute atomic E-state index is 10.6. The lowest BCUT2D eigenvalue weighted by atomic mass is 10.2. The Hall–Kier alpha value is -1.42. The molecule has 0 atom stereocenters. The Balaban J connectivity index is 2.78. The minimum absolute atomic E-state index is 0.414. The molecule has 14 heavy (non-hydrogen) atoms. The monoisotopic (exact) mass is 209 g/mol. The fourth-order valence-corrected chi connectivity index (χ4v) is 1.60. The summed E-state index contributed by atoms with van der Waals surface area (Å²) in [4.78, 5) is 16.2. The number of allylic oxidation sites excluding steroid dienone is 1. The molecule has 3 nitrogen and oxygen atoms in total. The molecule has 0 saturated heterocycles. The predicted octanol–water partition coefficient (Wildman–Crippen LogP) is 2.59. The van der Waals surface area contributed by atoms with Crippen LogP contribution in [-0.2, 0) is 9.63 Å². The SMILES string of the molecule is C=CC/C(=N\OC(C)=O)c1cccs1. The van der Waals surface area contributed by atoms with Crippen molar-refractivity contribution >= 4 is 23.0 Å². The standard InChI is InChI=1S/C10H11NO2S/c1-3-5-9(11-13-8(2)12)10-6-4-7-14-10/h3-4,6-7H,1,5H2,2H3/b11-9+. The van der Waals surface area contributed by atoms with Gasteiger partial charge in [0.1, 0.15) is 5.71 Å². The van der Waals surface area contributed by atoms with Crippen molar-refractivity contribution in [3.05, 3.63) is 35.0 Å². The number of thiophene rings is 1. The molecule has 0 fully saturated rings.